The van der Waals surface area contributed by atoms with Crippen molar-refractivity contribution in [2.45, 2.75) is 31.9 Å². The van der Waals surface area contributed by atoms with Gasteiger partial charge in [0, 0.05) is 0 Å². The van der Waals surface area contributed by atoms with Crippen molar-refractivity contribution in [3.63, 3.8) is 0 Å². The topological polar surface area (TPSA) is 59.4 Å². The third-order valence-electron chi connectivity index (χ3n) is 2.49. The van der Waals surface area contributed by atoms with Crippen molar-refractivity contribution in [2.75, 3.05) is 0 Å². The lowest BCUT2D eigenvalue weighted by Crippen LogP contribution is -2.09. The molecule has 2 rings (SSSR count). The van der Waals surface area contributed by atoms with Gasteiger partial charge in [0.05, 0.1) is 6.04 Å². The molecule has 1 aliphatic carbocycles. The highest BCUT2D eigenvalue weighted by Crippen LogP contribution is 2.36. The van der Waals surface area contributed by atoms with E-state index in [0.717, 1.165) is 18.1 Å². The van der Waals surface area contributed by atoms with Crippen LogP contribution >= 0.6 is 0 Å². The third-order valence-corrected chi connectivity index (χ3v) is 2.49. The molecule has 1 saturated carbocycles. The molecule has 3 nitrogen and oxygen atoms in total. The first kappa shape index (κ1) is 8.78. The summed E-state index contributed by atoms with van der Waals surface area (Å²) in [6, 6.07) is 3.65. The third kappa shape index (κ3) is 2.11. The van der Waals surface area contributed by atoms with Gasteiger partial charge in [-0.25, -0.2) is 0 Å². The van der Waals surface area contributed by atoms with Gasteiger partial charge in [0.1, 0.15) is 18.1 Å². The van der Waals surface area contributed by atoms with E-state index in [1.807, 2.05) is 6.07 Å². The highest BCUT2D eigenvalue weighted by Gasteiger charge is 2.25. The largest absolute Gasteiger partial charge is 0.462 e. The highest BCUT2D eigenvalue weighted by atomic mass is 16.4. The van der Waals surface area contributed by atoms with Crippen LogP contribution in [0, 0.1) is 5.92 Å². The minimum Gasteiger partial charge on any atom is -0.462 e. The van der Waals surface area contributed by atoms with Gasteiger partial charge in [-0.05, 0) is 24.5 Å². The van der Waals surface area contributed by atoms with E-state index in [-0.39, 0.29) is 12.6 Å². The van der Waals surface area contributed by atoms with Crippen LogP contribution in [0.1, 0.15) is 36.8 Å². The first-order valence-electron chi connectivity index (χ1n) is 4.74. The lowest BCUT2D eigenvalue weighted by Gasteiger charge is -2.06. The second kappa shape index (κ2) is 3.52. The van der Waals surface area contributed by atoms with Crippen LogP contribution < -0.4 is 5.73 Å². The van der Waals surface area contributed by atoms with E-state index < -0.39 is 0 Å². The van der Waals surface area contributed by atoms with Crippen LogP contribution in [0.4, 0.5) is 0 Å². The predicted molar refractivity (Wildman–Crippen MR) is 48.9 cm³/mol. The van der Waals surface area contributed by atoms with Gasteiger partial charge in [0.25, 0.3) is 0 Å². The van der Waals surface area contributed by atoms with Crippen LogP contribution in [0.3, 0.4) is 0 Å². The summed E-state index contributed by atoms with van der Waals surface area (Å²) in [5, 5.41) is 8.79. The summed E-state index contributed by atoms with van der Waals surface area (Å²) in [5.41, 5.74) is 5.93. The standard InChI is InChI=1S/C10H15NO2/c11-9(5-7-1-2-7)10-4-3-8(6-12)13-10/h3-4,7,9,12H,1-2,5-6,11H2/t9-/m1/s1. The van der Waals surface area contributed by atoms with Crippen LogP contribution in [0.15, 0.2) is 16.5 Å². The van der Waals surface area contributed by atoms with E-state index in [9.17, 15) is 0 Å². The van der Waals surface area contributed by atoms with Crippen molar-refractivity contribution in [2.24, 2.45) is 11.7 Å². The lowest BCUT2D eigenvalue weighted by molar-refractivity contribution is 0.240. The zero-order chi connectivity index (χ0) is 9.26. The Labute approximate surface area is 77.5 Å². The Hall–Kier alpha value is -0.800. The van der Waals surface area contributed by atoms with Crippen molar-refractivity contribution in [1.82, 2.24) is 0 Å². The molecule has 3 heteroatoms. The molecule has 0 bridgehead atoms. The molecule has 1 aromatic heterocycles. The first-order chi connectivity index (χ1) is 6.29. The van der Waals surface area contributed by atoms with Gasteiger partial charge in [-0.15, -0.1) is 0 Å². The fraction of sp³-hybridized carbons (Fsp3) is 0.600. The number of hydrogen-bond acceptors (Lipinski definition) is 3. The van der Waals surface area contributed by atoms with E-state index in [1.54, 1.807) is 6.07 Å². The number of nitrogens with two attached hydrogens (primary N) is 1. The Morgan fingerprint density at radius 1 is 1.54 bits per heavy atom. The SMILES string of the molecule is N[C@H](CC1CC1)c1ccc(CO)o1. The summed E-state index contributed by atoms with van der Waals surface area (Å²) in [4.78, 5) is 0. The lowest BCUT2D eigenvalue weighted by atomic mass is 10.1. The number of rotatable bonds is 4. The molecule has 1 aliphatic rings. The Kier molecular flexibility index (Phi) is 2.38. The van der Waals surface area contributed by atoms with Gasteiger partial charge in [-0.2, -0.15) is 0 Å². The van der Waals surface area contributed by atoms with Crippen LogP contribution in [0.5, 0.6) is 0 Å². The highest BCUT2D eigenvalue weighted by molar-refractivity contribution is 5.10. The van der Waals surface area contributed by atoms with E-state index in [4.69, 9.17) is 15.3 Å². The summed E-state index contributed by atoms with van der Waals surface area (Å²) in [5.74, 6) is 2.20. The molecule has 3 N–H and O–H groups in total. The molecule has 0 aliphatic heterocycles. The number of furan rings is 1. The van der Waals surface area contributed by atoms with E-state index in [1.165, 1.54) is 12.8 Å². The first-order valence-corrected chi connectivity index (χ1v) is 4.74. The molecule has 0 amide bonds. The average molecular weight is 181 g/mol. The number of hydrogen-bond donors (Lipinski definition) is 2. The van der Waals surface area contributed by atoms with E-state index >= 15 is 0 Å². The van der Waals surface area contributed by atoms with Gasteiger partial charge >= 0.3 is 0 Å². The van der Waals surface area contributed by atoms with Gasteiger partial charge in [-0.3, -0.25) is 0 Å². The molecule has 1 heterocycles. The molecule has 13 heavy (non-hydrogen) atoms. The van der Waals surface area contributed by atoms with Crippen LogP contribution in [0.2, 0.25) is 0 Å². The fourth-order valence-corrected chi connectivity index (χ4v) is 1.51. The molecule has 1 fully saturated rings. The van der Waals surface area contributed by atoms with Crippen LogP contribution in [-0.2, 0) is 6.61 Å². The molecule has 0 spiro atoms. The fourth-order valence-electron chi connectivity index (χ4n) is 1.51. The van der Waals surface area contributed by atoms with Gasteiger partial charge in [0.2, 0.25) is 0 Å². The van der Waals surface area contributed by atoms with Crippen molar-refractivity contribution < 1.29 is 9.52 Å². The Balaban J connectivity index is 1.96. The molecule has 1 atom stereocenters. The van der Waals surface area contributed by atoms with E-state index in [2.05, 4.69) is 0 Å². The second-order valence-electron chi connectivity index (χ2n) is 3.75. The number of aliphatic hydroxyl groups excluding tert-OH is 1. The van der Waals surface area contributed by atoms with Crippen molar-refractivity contribution >= 4 is 0 Å². The molecule has 0 saturated heterocycles. The molecule has 72 valence electrons. The van der Waals surface area contributed by atoms with Crippen molar-refractivity contribution in [3.05, 3.63) is 23.7 Å². The zero-order valence-corrected chi connectivity index (χ0v) is 7.57. The Morgan fingerprint density at radius 2 is 2.31 bits per heavy atom. The van der Waals surface area contributed by atoms with E-state index in [0.29, 0.717) is 5.76 Å². The summed E-state index contributed by atoms with van der Waals surface area (Å²) >= 11 is 0. The quantitative estimate of drug-likeness (QED) is 0.741. The smallest absolute Gasteiger partial charge is 0.129 e. The average Bonchev–Trinajstić information content (AvgIpc) is 2.82. The maximum absolute atomic E-state index is 8.79. The molecule has 1 aromatic rings. The van der Waals surface area contributed by atoms with Gasteiger partial charge in [0.15, 0.2) is 0 Å². The van der Waals surface area contributed by atoms with Gasteiger partial charge in [-0.1, -0.05) is 12.8 Å². The molecule has 0 unspecified atom stereocenters. The molecular formula is C10H15NO2. The van der Waals surface area contributed by atoms with Crippen molar-refractivity contribution in [1.29, 1.82) is 0 Å². The summed E-state index contributed by atoms with van der Waals surface area (Å²) < 4.78 is 5.35. The summed E-state index contributed by atoms with van der Waals surface area (Å²) in [7, 11) is 0. The molecule has 0 aromatic carbocycles. The predicted octanol–water partition coefficient (Wildman–Crippen LogP) is 1.57. The monoisotopic (exact) mass is 181 g/mol. The Bertz CT molecular complexity index is 278. The number of aliphatic hydroxyl groups is 1. The van der Waals surface area contributed by atoms with Gasteiger partial charge < -0.3 is 15.3 Å². The Morgan fingerprint density at radius 3 is 2.85 bits per heavy atom. The maximum atomic E-state index is 8.79. The van der Waals surface area contributed by atoms with Crippen LogP contribution in [0.25, 0.3) is 0 Å². The second-order valence-corrected chi connectivity index (χ2v) is 3.75. The van der Waals surface area contributed by atoms with Crippen LogP contribution in [-0.4, -0.2) is 5.11 Å². The molecular weight excluding hydrogens is 166 g/mol. The summed E-state index contributed by atoms with van der Waals surface area (Å²) in [6.07, 6.45) is 3.63. The van der Waals surface area contributed by atoms with Crippen molar-refractivity contribution in [3.8, 4) is 0 Å². The minimum atomic E-state index is -0.0455. The zero-order valence-electron chi connectivity index (χ0n) is 7.57. The minimum absolute atomic E-state index is 0.00722. The summed E-state index contributed by atoms with van der Waals surface area (Å²) in [6.45, 7) is -0.0455. The maximum Gasteiger partial charge on any atom is 0.129 e. The normalized spacial score (nSPS) is 18.9. The molecule has 0 radical (unpaired) electrons.